The second-order valence-corrected chi connectivity index (χ2v) is 6.61. The quantitative estimate of drug-likeness (QED) is 0.921. The Hall–Kier alpha value is -1.00. The molecule has 1 atom stereocenters. The van der Waals surface area contributed by atoms with Crippen LogP contribution in [0, 0.1) is 11.6 Å². The molecule has 1 unspecified atom stereocenters. The Labute approximate surface area is 126 Å². The Bertz CT molecular complexity index is 466. The van der Waals surface area contributed by atoms with Crippen molar-refractivity contribution in [3.05, 3.63) is 35.4 Å². The summed E-state index contributed by atoms with van der Waals surface area (Å²) in [6.45, 7) is 6.45. The first-order valence-electron chi connectivity index (χ1n) is 7.86. The number of benzene rings is 1. The third-order valence-electron chi connectivity index (χ3n) is 4.77. The average molecular weight is 296 g/mol. The van der Waals surface area contributed by atoms with E-state index in [0.29, 0.717) is 6.42 Å². The van der Waals surface area contributed by atoms with Crippen molar-refractivity contribution in [3.8, 4) is 0 Å². The third kappa shape index (κ3) is 4.01. The highest BCUT2D eigenvalue weighted by atomic mass is 19.2. The first-order valence-corrected chi connectivity index (χ1v) is 7.86. The van der Waals surface area contributed by atoms with E-state index in [1.165, 1.54) is 37.8 Å². The molecule has 2 nitrogen and oxygen atoms in total. The minimum absolute atomic E-state index is 0.111. The van der Waals surface area contributed by atoms with Gasteiger partial charge in [-0.2, -0.15) is 0 Å². The number of nitrogens with zero attached hydrogens (tertiary/aromatic N) is 1. The summed E-state index contributed by atoms with van der Waals surface area (Å²) >= 11 is 0. The van der Waals surface area contributed by atoms with Gasteiger partial charge in [0.05, 0.1) is 0 Å². The van der Waals surface area contributed by atoms with E-state index in [4.69, 9.17) is 5.73 Å². The van der Waals surface area contributed by atoms with Gasteiger partial charge in [0.1, 0.15) is 0 Å². The van der Waals surface area contributed by atoms with Crippen LogP contribution in [-0.4, -0.2) is 29.6 Å². The van der Waals surface area contributed by atoms with Gasteiger partial charge in [-0.15, -0.1) is 0 Å². The molecule has 0 spiro atoms. The molecule has 1 heterocycles. The summed E-state index contributed by atoms with van der Waals surface area (Å²) in [6, 6.07) is 3.95. The lowest BCUT2D eigenvalue weighted by Crippen LogP contribution is -2.57. The molecule has 4 heteroatoms. The van der Waals surface area contributed by atoms with Gasteiger partial charge in [0.25, 0.3) is 0 Å². The van der Waals surface area contributed by atoms with E-state index in [1.54, 1.807) is 6.07 Å². The molecule has 1 aliphatic heterocycles. The molecule has 1 aliphatic rings. The largest absolute Gasteiger partial charge is 0.326 e. The van der Waals surface area contributed by atoms with Crippen molar-refractivity contribution >= 4 is 0 Å². The fourth-order valence-electron chi connectivity index (χ4n) is 3.05. The molecule has 0 bridgehead atoms. The van der Waals surface area contributed by atoms with Crippen molar-refractivity contribution in [1.29, 1.82) is 0 Å². The lowest BCUT2D eigenvalue weighted by Gasteiger charge is -2.42. The molecule has 0 saturated carbocycles. The number of rotatable bonds is 4. The van der Waals surface area contributed by atoms with Gasteiger partial charge in [-0.25, -0.2) is 8.78 Å². The van der Waals surface area contributed by atoms with Gasteiger partial charge in [0.15, 0.2) is 11.6 Å². The van der Waals surface area contributed by atoms with Crippen LogP contribution in [-0.2, 0) is 6.42 Å². The van der Waals surface area contributed by atoms with Gasteiger partial charge in [0, 0.05) is 11.6 Å². The van der Waals surface area contributed by atoms with Crippen molar-refractivity contribution in [3.63, 3.8) is 0 Å². The second kappa shape index (κ2) is 6.84. The molecule has 1 aromatic carbocycles. The SMILES string of the molecule is CC(C)(C(N)Cc1ccc(F)c(F)c1)N1CCCCCC1. The number of hydrogen-bond acceptors (Lipinski definition) is 2. The fraction of sp³-hybridized carbons (Fsp3) is 0.647. The molecular formula is C17H26F2N2. The van der Waals surface area contributed by atoms with Crippen molar-refractivity contribution in [1.82, 2.24) is 4.90 Å². The molecule has 1 aromatic rings. The zero-order valence-electron chi connectivity index (χ0n) is 13.0. The zero-order chi connectivity index (χ0) is 15.5. The van der Waals surface area contributed by atoms with Crippen LogP contribution in [0.15, 0.2) is 18.2 Å². The van der Waals surface area contributed by atoms with Crippen molar-refractivity contribution < 1.29 is 8.78 Å². The molecule has 2 rings (SSSR count). The summed E-state index contributed by atoms with van der Waals surface area (Å²) < 4.78 is 26.3. The van der Waals surface area contributed by atoms with E-state index in [2.05, 4.69) is 18.7 Å². The van der Waals surface area contributed by atoms with E-state index < -0.39 is 11.6 Å². The van der Waals surface area contributed by atoms with E-state index in [0.717, 1.165) is 18.7 Å². The molecule has 1 saturated heterocycles. The molecule has 0 aliphatic carbocycles. The molecular weight excluding hydrogens is 270 g/mol. The summed E-state index contributed by atoms with van der Waals surface area (Å²) in [5, 5.41) is 0. The number of halogens is 2. The Morgan fingerprint density at radius 3 is 2.29 bits per heavy atom. The van der Waals surface area contributed by atoms with E-state index in [1.807, 2.05) is 0 Å². The lowest BCUT2D eigenvalue weighted by atomic mass is 9.88. The molecule has 1 fully saturated rings. The summed E-state index contributed by atoms with van der Waals surface area (Å²) in [5.74, 6) is -1.61. The van der Waals surface area contributed by atoms with Crippen LogP contribution in [0.2, 0.25) is 0 Å². The molecule has 0 aromatic heterocycles. The number of nitrogens with two attached hydrogens (primary N) is 1. The highest BCUT2D eigenvalue weighted by Crippen LogP contribution is 2.24. The molecule has 21 heavy (non-hydrogen) atoms. The highest BCUT2D eigenvalue weighted by Gasteiger charge is 2.33. The van der Waals surface area contributed by atoms with Gasteiger partial charge in [-0.05, 0) is 63.9 Å². The predicted molar refractivity (Wildman–Crippen MR) is 82.2 cm³/mol. The Morgan fingerprint density at radius 2 is 1.71 bits per heavy atom. The third-order valence-corrected chi connectivity index (χ3v) is 4.77. The van der Waals surface area contributed by atoms with Gasteiger partial charge >= 0.3 is 0 Å². The standard InChI is InChI=1S/C17H26F2N2/c1-17(2,21-9-5-3-4-6-10-21)16(20)12-13-7-8-14(18)15(19)11-13/h7-8,11,16H,3-6,9-10,12,20H2,1-2H3. The normalized spacial score (nSPS) is 19.3. The maximum atomic E-state index is 13.3. The van der Waals surface area contributed by atoms with Crippen LogP contribution in [0.4, 0.5) is 8.78 Å². The molecule has 0 radical (unpaired) electrons. The van der Waals surface area contributed by atoms with Crippen molar-refractivity contribution in [2.45, 2.75) is 57.5 Å². The first kappa shape index (κ1) is 16.4. The predicted octanol–water partition coefficient (Wildman–Crippen LogP) is 3.49. The van der Waals surface area contributed by atoms with Crippen LogP contribution in [0.5, 0.6) is 0 Å². The van der Waals surface area contributed by atoms with Gasteiger partial charge in [-0.3, -0.25) is 4.90 Å². The number of likely N-dealkylation sites (tertiary alicyclic amines) is 1. The van der Waals surface area contributed by atoms with E-state index in [9.17, 15) is 8.78 Å². The van der Waals surface area contributed by atoms with E-state index in [-0.39, 0.29) is 11.6 Å². The Balaban J connectivity index is 2.05. The molecule has 0 amide bonds. The monoisotopic (exact) mass is 296 g/mol. The Morgan fingerprint density at radius 1 is 1.10 bits per heavy atom. The van der Waals surface area contributed by atoms with Crippen LogP contribution < -0.4 is 5.73 Å². The van der Waals surface area contributed by atoms with Crippen LogP contribution in [0.25, 0.3) is 0 Å². The van der Waals surface area contributed by atoms with Crippen LogP contribution in [0.1, 0.15) is 45.1 Å². The molecule has 2 N–H and O–H groups in total. The maximum absolute atomic E-state index is 13.3. The average Bonchev–Trinajstić information content (AvgIpc) is 2.72. The van der Waals surface area contributed by atoms with Crippen LogP contribution >= 0.6 is 0 Å². The summed E-state index contributed by atoms with van der Waals surface area (Å²) in [7, 11) is 0. The van der Waals surface area contributed by atoms with Crippen LogP contribution in [0.3, 0.4) is 0 Å². The Kier molecular flexibility index (Phi) is 5.33. The van der Waals surface area contributed by atoms with Gasteiger partial charge in [-0.1, -0.05) is 18.9 Å². The maximum Gasteiger partial charge on any atom is 0.159 e. The number of hydrogen-bond donors (Lipinski definition) is 1. The highest BCUT2D eigenvalue weighted by molar-refractivity contribution is 5.19. The summed E-state index contributed by atoms with van der Waals surface area (Å²) in [5.41, 5.74) is 7.01. The minimum atomic E-state index is -0.806. The fourth-order valence-corrected chi connectivity index (χ4v) is 3.05. The summed E-state index contributed by atoms with van der Waals surface area (Å²) in [6.07, 6.45) is 5.54. The zero-order valence-corrected chi connectivity index (χ0v) is 13.0. The summed E-state index contributed by atoms with van der Waals surface area (Å²) in [4.78, 5) is 2.45. The topological polar surface area (TPSA) is 29.3 Å². The minimum Gasteiger partial charge on any atom is -0.326 e. The first-order chi connectivity index (χ1) is 9.91. The van der Waals surface area contributed by atoms with Crippen molar-refractivity contribution in [2.75, 3.05) is 13.1 Å². The van der Waals surface area contributed by atoms with Gasteiger partial charge < -0.3 is 5.73 Å². The van der Waals surface area contributed by atoms with E-state index >= 15 is 0 Å². The smallest absolute Gasteiger partial charge is 0.159 e. The van der Waals surface area contributed by atoms with Gasteiger partial charge in [0.2, 0.25) is 0 Å². The lowest BCUT2D eigenvalue weighted by molar-refractivity contribution is 0.0979. The second-order valence-electron chi connectivity index (χ2n) is 6.61. The molecule has 118 valence electrons. The van der Waals surface area contributed by atoms with Crippen molar-refractivity contribution in [2.24, 2.45) is 5.73 Å².